The number of nitrogens with one attached hydrogen (secondary N) is 1. The maximum atomic E-state index is 13.0. The lowest BCUT2D eigenvalue weighted by Crippen LogP contribution is -2.46. The smallest absolute Gasteiger partial charge is 0.248 e. The Morgan fingerprint density at radius 2 is 2.19 bits per heavy atom. The van der Waals surface area contributed by atoms with Gasteiger partial charge in [-0.15, -0.1) is 0 Å². The molecule has 3 heterocycles. The van der Waals surface area contributed by atoms with Crippen LogP contribution in [0.2, 0.25) is 0 Å². The first-order chi connectivity index (χ1) is 12.8. The van der Waals surface area contributed by atoms with Crippen molar-refractivity contribution in [2.24, 2.45) is 5.92 Å². The summed E-state index contributed by atoms with van der Waals surface area (Å²) in [5.74, 6) is -0.276. The third kappa shape index (κ3) is 4.03. The van der Waals surface area contributed by atoms with Crippen molar-refractivity contribution in [2.45, 2.75) is 44.6 Å². The van der Waals surface area contributed by atoms with E-state index in [1.165, 1.54) is 4.31 Å². The molecule has 1 amide bonds. The van der Waals surface area contributed by atoms with E-state index in [0.717, 1.165) is 5.56 Å². The molecule has 0 radical (unpaired) electrons. The van der Waals surface area contributed by atoms with Gasteiger partial charge in [0.15, 0.2) is 5.76 Å². The maximum Gasteiger partial charge on any atom is 0.248 e. The molecule has 1 aliphatic rings. The number of amides is 1. The fourth-order valence-corrected chi connectivity index (χ4v) is 5.21. The number of rotatable bonds is 5. The van der Waals surface area contributed by atoms with E-state index in [0.29, 0.717) is 25.1 Å². The van der Waals surface area contributed by atoms with Gasteiger partial charge in [-0.1, -0.05) is 11.2 Å². The molecule has 8 nitrogen and oxygen atoms in total. The number of carbonyl (C=O) groups is 1. The van der Waals surface area contributed by atoms with Gasteiger partial charge < -0.3 is 9.84 Å². The Kier molecular flexibility index (Phi) is 5.61. The molecule has 2 unspecified atom stereocenters. The number of hydrogen-bond donors (Lipinski definition) is 1. The topological polar surface area (TPSA) is 105 Å². The van der Waals surface area contributed by atoms with Crippen LogP contribution in [0.1, 0.15) is 42.8 Å². The second-order valence-electron chi connectivity index (χ2n) is 6.87. The van der Waals surface area contributed by atoms with E-state index in [4.69, 9.17) is 4.52 Å². The van der Waals surface area contributed by atoms with Gasteiger partial charge >= 0.3 is 0 Å². The molecule has 1 aliphatic heterocycles. The zero-order valence-electron chi connectivity index (χ0n) is 15.7. The van der Waals surface area contributed by atoms with Crippen LogP contribution in [-0.2, 0) is 14.8 Å². The lowest BCUT2D eigenvalue weighted by atomic mass is 9.98. The number of carbonyl (C=O) groups excluding carboxylic acids is 1. The molecule has 27 heavy (non-hydrogen) atoms. The van der Waals surface area contributed by atoms with Crippen LogP contribution >= 0.6 is 0 Å². The van der Waals surface area contributed by atoms with Gasteiger partial charge in [0.25, 0.3) is 0 Å². The number of pyridine rings is 1. The van der Waals surface area contributed by atoms with Crippen molar-refractivity contribution in [1.82, 2.24) is 19.8 Å². The molecule has 3 rings (SSSR count). The average Bonchev–Trinajstić information content (AvgIpc) is 3.01. The molecular formula is C18H24N4O4S. The highest BCUT2D eigenvalue weighted by Gasteiger charge is 2.36. The van der Waals surface area contributed by atoms with Crippen molar-refractivity contribution in [3.63, 3.8) is 0 Å². The molecule has 0 bridgehead atoms. The van der Waals surface area contributed by atoms with Crippen LogP contribution in [0.15, 0.2) is 33.9 Å². The van der Waals surface area contributed by atoms with Crippen molar-refractivity contribution in [2.75, 3.05) is 13.1 Å². The van der Waals surface area contributed by atoms with Gasteiger partial charge in [-0.05, 0) is 45.2 Å². The Balaban J connectivity index is 1.71. The van der Waals surface area contributed by atoms with Gasteiger partial charge in [0, 0.05) is 25.5 Å². The maximum absolute atomic E-state index is 13.0. The molecule has 1 fully saturated rings. The second-order valence-corrected chi connectivity index (χ2v) is 8.75. The first kappa shape index (κ1) is 19.5. The summed E-state index contributed by atoms with van der Waals surface area (Å²) in [5, 5.41) is 6.70. The van der Waals surface area contributed by atoms with Crippen LogP contribution in [0, 0.1) is 19.8 Å². The van der Waals surface area contributed by atoms with Crippen LogP contribution in [0.3, 0.4) is 0 Å². The number of nitrogens with zero attached hydrogens (tertiary/aromatic N) is 3. The van der Waals surface area contributed by atoms with Gasteiger partial charge in [-0.3, -0.25) is 9.78 Å². The van der Waals surface area contributed by atoms with E-state index in [-0.39, 0.29) is 29.1 Å². The lowest BCUT2D eigenvalue weighted by Gasteiger charge is -2.31. The van der Waals surface area contributed by atoms with Crippen molar-refractivity contribution in [3.05, 3.63) is 41.5 Å². The average molecular weight is 392 g/mol. The summed E-state index contributed by atoms with van der Waals surface area (Å²) in [5.41, 5.74) is 1.24. The molecule has 0 saturated carbocycles. The number of piperidine rings is 1. The van der Waals surface area contributed by atoms with Crippen molar-refractivity contribution >= 4 is 15.9 Å². The van der Waals surface area contributed by atoms with E-state index >= 15 is 0 Å². The Morgan fingerprint density at radius 1 is 1.41 bits per heavy atom. The minimum Gasteiger partial charge on any atom is -0.360 e. The molecule has 2 aromatic heterocycles. The summed E-state index contributed by atoms with van der Waals surface area (Å²) >= 11 is 0. The molecule has 1 N–H and O–H groups in total. The SMILES string of the molecule is Cc1noc(C)c1S(=O)(=O)N1CCCC(C(=O)NC(C)c2cccnc2)C1. The number of sulfonamides is 1. The van der Waals surface area contributed by atoms with E-state index < -0.39 is 15.9 Å². The Morgan fingerprint density at radius 3 is 2.81 bits per heavy atom. The molecule has 2 atom stereocenters. The van der Waals surface area contributed by atoms with Gasteiger partial charge in [-0.2, -0.15) is 4.31 Å². The van der Waals surface area contributed by atoms with Gasteiger partial charge in [0.05, 0.1) is 12.0 Å². The summed E-state index contributed by atoms with van der Waals surface area (Å²) in [6, 6.07) is 3.52. The highest BCUT2D eigenvalue weighted by molar-refractivity contribution is 7.89. The fourth-order valence-electron chi connectivity index (χ4n) is 3.39. The fraction of sp³-hybridized carbons (Fsp3) is 0.500. The summed E-state index contributed by atoms with van der Waals surface area (Å²) in [6.45, 7) is 5.60. The highest BCUT2D eigenvalue weighted by atomic mass is 32.2. The van der Waals surface area contributed by atoms with Crippen molar-refractivity contribution in [3.8, 4) is 0 Å². The summed E-state index contributed by atoms with van der Waals surface area (Å²) in [4.78, 5) is 16.9. The Labute approximate surface area is 159 Å². The Hall–Kier alpha value is -2.26. The molecule has 1 saturated heterocycles. The van der Waals surface area contributed by atoms with Crippen LogP contribution in [-0.4, -0.2) is 41.9 Å². The zero-order chi connectivity index (χ0) is 19.6. The first-order valence-electron chi connectivity index (χ1n) is 8.94. The van der Waals surface area contributed by atoms with E-state index in [1.807, 2.05) is 19.1 Å². The van der Waals surface area contributed by atoms with E-state index in [9.17, 15) is 13.2 Å². The standard InChI is InChI=1S/C18H24N4O4S/c1-12(15-6-4-8-19-10-15)20-18(23)16-7-5-9-22(11-16)27(24,25)17-13(2)21-26-14(17)3/h4,6,8,10,12,16H,5,7,9,11H2,1-3H3,(H,20,23). The number of aromatic nitrogens is 2. The zero-order valence-corrected chi connectivity index (χ0v) is 16.5. The quantitative estimate of drug-likeness (QED) is 0.834. The van der Waals surface area contributed by atoms with Crippen LogP contribution in [0.25, 0.3) is 0 Å². The molecule has 2 aromatic rings. The highest BCUT2D eigenvalue weighted by Crippen LogP contribution is 2.28. The van der Waals surface area contributed by atoms with Crippen LogP contribution in [0.4, 0.5) is 0 Å². The predicted octanol–water partition coefficient (Wildman–Crippen LogP) is 1.96. The predicted molar refractivity (Wildman–Crippen MR) is 98.3 cm³/mol. The minimum absolute atomic E-state index is 0.104. The van der Waals surface area contributed by atoms with E-state index in [1.54, 1.807) is 26.2 Å². The lowest BCUT2D eigenvalue weighted by molar-refractivity contribution is -0.126. The molecule has 9 heteroatoms. The summed E-state index contributed by atoms with van der Waals surface area (Å²) in [6.07, 6.45) is 4.66. The normalized spacial score (nSPS) is 19.6. The third-order valence-electron chi connectivity index (χ3n) is 4.86. The van der Waals surface area contributed by atoms with Crippen LogP contribution < -0.4 is 5.32 Å². The minimum atomic E-state index is -3.74. The number of hydrogen-bond acceptors (Lipinski definition) is 6. The van der Waals surface area contributed by atoms with Crippen LogP contribution in [0.5, 0.6) is 0 Å². The monoisotopic (exact) mass is 392 g/mol. The summed E-state index contributed by atoms with van der Waals surface area (Å²) in [7, 11) is -3.74. The second kappa shape index (κ2) is 7.77. The van der Waals surface area contributed by atoms with Crippen molar-refractivity contribution < 1.29 is 17.7 Å². The first-order valence-corrected chi connectivity index (χ1v) is 10.4. The van der Waals surface area contributed by atoms with Gasteiger partial charge in [-0.25, -0.2) is 8.42 Å². The third-order valence-corrected chi connectivity index (χ3v) is 6.97. The largest absolute Gasteiger partial charge is 0.360 e. The molecule has 146 valence electrons. The summed E-state index contributed by atoms with van der Waals surface area (Å²) < 4.78 is 32.3. The van der Waals surface area contributed by atoms with E-state index in [2.05, 4.69) is 15.5 Å². The van der Waals surface area contributed by atoms with Crippen molar-refractivity contribution in [1.29, 1.82) is 0 Å². The molecule has 0 aliphatic carbocycles. The number of aryl methyl sites for hydroxylation is 2. The molecule has 0 aromatic carbocycles. The Bertz CT molecular complexity index is 891. The molecule has 0 spiro atoms. The molecular weight excluding hydrogens is 368 g/mol. The van der Waals surface area contributed by atoms with Gasteiger partial charge in [0.2, 0.25) is 15.9 Å². The van der Waals surface area contributed by atoms with Gasteiger partial charge in [0.1, 0.15) is 10.6 Å².